The van der Waals surface area contributed by atoms with E-state index < -0.39 is 27.2 Å². The maximum Gasteiger partial charge on any atom is 0.307 e. The van der Waals surface area contributed by atoms with Gasteiger partial charge in [0.2, 0.25) is 10.0 Å². The topological polar surface area (TPSA) is 74.7 Å². The number of rotatable bonds is 6. The van der Waals surface area contributed by atoms with E-state index in [1.165, 1.54) is 4.31 Å². The Morgan fingerprint density at radius 1 is 1.33 bits per heavy atom. The van der Waals surface area contributed by atoms with Crippen molar-refractivity contribution >= 4 is 16.0 Å². The molecule has 1 rings (SSSR count). The van der Waals surface area contributed by atoms with Gasteiger partial charge in [-0.2, -0.15) is 0 Å². The lowest BCUT2D eigenvalue weighted by Crippen LogP contribution is -2.44. The van der Waals surface area contributed by atoms with E-state index in [2.05, 4.69) is 0 Å². The molecule has 0 aromatic rings. The second-order valence-electron chi connectivity index (χ2n) is 4.95. The first kappa shape index (κ1) is 15.4. The molecule has 0 bridgehead atoms. The lowest BCUT2D eigenvalue weighted by atomic mass is 10.1. The van der Waals surface area contributed by atoms with Crippen LogP contribution in [0.2, 0.25) is 0 Å². The van der Waals surface area contributed by atoms with Gasteiger partial charge >= 0.3 is 5.97 Å². The van der Waals surface area contributed by atoms with Crippen molar-refractivity contribution < 1.29 is 18.3 Å². The Morgan fingerprint density at radius 2 is 1.89 bits per heavy atom. The Kier molecular flexibility index (Phi) is 5.16. The van der Waals surface area contributed by atoms with Crippen LogP contribution in [0.5, 0.6) is 0 Å². The van der Waals surface area contributed by atoms with Crippen molar-refractivity contribution in [3.05, 3.63) is 0 Å². The summed E-state index contributed by atoms with van der Waals surface area (Å²) in [5.41, 5.74) is 0. The first-order chi connectivity index (χ1) is 8.36. The smallest absolute Gasteiger partial charge is 0.307 e. The second-order valence-corrected chi connectivity index (χ2v) is 7.16. The maximum atomic E-state index is 12.5. The Morgan fingerprint density at radius 3 is 2.33 bits per heavy atom. The summed E-state index contributed by atoms with van der Waals surface area (Å²) >= 11 is 0. The quantitative estimate of drug-likeness (QED) is 0.801. The van der Waals surface area contributed by atoms with E-state index in [-0.39, 0.29) is 6.04 Å². The molecule has 5 nitrogen and oxygen atoms in total. The van der Waals surface area contributed by atoms with Gasteiger partial charge in [-0.25, -0.2) is 12.7 Å². The molecular formula is C12H23NO4S. The van der Waals surface area contributed by atoms with E-state index in [0.717, 1.165) is 12.8 Å². The van der Waals surface area contributed by atoms with Crippen LogP contribution in [0.25, 0.3) is 0 Å². The van der Waals surface area contributed by atoms with Crippen LogP contribution in [0, 0.1) is 5.92 Å². The summed E-state index contributed by atoms with van der Waals surface area (Å²) in [5, 5.41) is 8.35. The summed E-state index contributed by atoms with van der Waals surface area (Å²) in [5.74, 6) is -1.73. The number of aliphatic carboxylic acids is 1. The molecular weight excluding hydrogens is 254 g/mol. The largest absolute Gasteiger partial charge is 0.481 e. The molecule has 106 valence electrons. The third-order valence-electron chi connectivity index (χ3n) is 4.01. The van der Waals surface area contributed by atoms with Gasteiger partial charge in [0.05, 0.1) is 11.2 Å². The Balaban J connectivity index is 2.95. The van der Waals surface area contributed by atoms with E-state index in [0.29, 0.717) is 19.3 Å². The minimum Gasteiger partial charge on any atom is -0.481 e. The lowest BCUT2D eigenvalue weighted by Gasteiger charge is -2.29. The zero-order valence-corrected chi connectivity index (χ0v) is 12.1. The normalized spacial score (nSPS) is 24.9. The first-order valence-corrected chi connectivity index (χ1v) is 8.06. The third kappa shape index (κ3) is 2.85. The van der Waals surface area contributed by atoms with E-state index in [9.17, 15) is 13.2 Å². The number of sulfonamides is 1. The molecule has 0 spiro atoms. The summed E-state index contributed by atoms with van der Waals surface area (Å²) in [6.07, 6.45) is 3.10. The highest BCUT2D eigenvalue weighted by Gasteiger charge is 2.44. The van der Waals surface area contributed by atoms with E-state index in [1.54, 1.807) is 7.05 Å². The predicted molar refractivity (Wildman–Crippen MR) is 69.8 cm³/mol. The van der Waals surface area contributed by atoms with E-state index in [4.69, 9.17) is 5.11 Å². The fourth-order valence-corrected chi connectivity index (χ4v) is 5.06. The molecule has 2 unspecified atom stereocenters. The lowest BCUT2D eigenvalue weighted by molar-refractivity contribution is -0.141. The summed E-state index contributed by atoms with van der Waals surface area (Å²) < 4.78 is 26.3. The molecule has 0 aromatic carbocycles. The minimum atomic E-state index is -3.50. The Hall–Kier alpha value is -0.620. The number of hydrogen-bond donors (Lipinski definition) is 1. The summed E-state index contributed by atoms with van der Waals surface area (Å²) in [6, 6.07) is -0.0370. The number of hydrogen-bond acceptors (Lipinski definition) is 3. The number of nitrogens with zero attached hydrogens (tertiary/aromatic N) is 1. The van der Waals surface area contributed by atoms with Crippen LogP contribution in [0.4, 0.5) is 0 Å². The van der Waals surface area contributed by atoms with Crippen LogP contribution in [0.3, 0.4) is 0 Å². The van der Waals surface area contributed by atoms with E-state index >= 15 is 0 Å². The predicted octanol–water partition coefficient (Wildman–Crippen LogP) is 1.69. The fraction of sp³-hybridized carbons (Fsp3) is 0.917. The van der Waals surface area contributed by atoms with E-state index in [1.807, 2.05) is 13.8 Å². The molecule has 0 amide bonds. The number of carboxylic acid groups (broad SMARTS) is 1. The molecule has 2 atom stereocenters. The van der Waals surface area contributed by atoms with Crippen molar-refractivity contribution in [2.75, 3.05) is 7.05 Å². The molecule has 18 heavy (non-hydrogen) atoms. The van der Waals surface area contributed by atoms with Crippen LogP contribution >= 0.6 is 0 Å². The van der Waals surface area contributed by atoms with Gasteiger partial charge < -0.3 is 5.11 Å². The average molecular weight is 277 g/mol. The van der Waals surface area contributed by atoms with Crippen LogP contribution in [-0.4, -0.2) is 42.1 Å². The van der Waals surface area contributed by atoms with Crippen molar-refractivity contribution in [2.45, 2.75) is 57.2 Å². The van der Waals surface area contributed by atoms with Gasteiger partial charge in [0.25, 0.3) is 0 Å². The minimum absolute atomic E-state index is 0.0370. The summed E-state index contributed by atoms with van der Waals surface area (Å²) in [4.78, 5) is 11.1. The average Bonchev–Trinajstić information content (AvgIpc) is 2.80. The van der Waals surface area contributed by atoms with Gasteiger partial charge in [-0.1, -0.05) is 20.3 Å². The highest BCUT2D eigenvalue weighted by atomic mass is 32.2. The molecule has 1 aliphatic carbocycles. The molecule has 6 heteroatoms. The van der Waals surface area contributed by atoms with Gasteiger partial charge in [-0.15, -0.1) is 0 Å². The molecule has 1 N–H and O–H groups in total. The zero-order chi connectivity index (χ0) is 13.9. The molecule has 0 saturated heterocycles. The monoisotopic (exact) mass is 277 g/mol. The standard InChI is InChI=1S/C12H23NO4S/c1-4-9(5-2)13(3)18(16,17)11-8-6-7-10(11)12(14)15/h9-11H,4-8H2,1-3H3,(H,14,15). The molecule has 0 heterocycles. The number of carbonyl (C=O) groups is 1. The van der Waals surface area contributed by atoms with Gasteiger partial charge in [0.15, 0.2) is 0 Å². The van der Waals surface area contributed by atoms with Crippen LogP contribution in [0.15, 0.2) is 0 Å². The van der Waals surface area contributed by atoms with Crippen molar-refractivity contribution in [3.63, 3.8) is 0 Å². The van der Waals surface area contributed by atoms with Crippen molar-refractivity contribution in [1.82, 2.24) is 4.31 Å². The zero-order valence-electron chi connectivity index (χ0n) is 11.3. The van der Waals surface area contributed by atoms with Crippen LogP contribution < -0.4 is 0 Å². The van der Waals surface area contributed by atoms with Crippen LogP contribution in [-0.2, 0) is 14.8 Å². The molecule has 1 fully saturated rings. The van der Waals surface area contributed by atoms with Crippen molar-refractivity contribution in [1.29, 1.82) is 0 Å². The summed E-state index contributed by atoms with van der Waals surface area (Å²) in [7, 11) is -1.93. The maximum absolute atomic E-state index is 12.5. The molecule has 0 aliphatic heterocycles. The number of carboxylic acids is 1. The molecule has 0 radical (unpaired) electrons. The molecule has 0 aromatic heterocycles. The first-order valence-electron chi connectivity index (χ1n) is 6.55. The summed E-state index contributed by atoms with van der Waals surface area (Å²) in [6.45, 7) is 3.90. The van der Waals surface area contributed by atoms with Crippen molar-refractivity contribution in [2.24, 2.45) is 5.92 Å². The second kappa shape index (κ2) is 6.02. The fourth-order valence-electron chi connectivity index (χ4n) is 2.79. The highest BCUT2D eigenvalue weighted by Crippen LogP contribution is 2.33. The van der Waals surface area contributed by atoms with Crippen molar-refractivity contribution in [3.8, 4) is 0 Å². The van der Waals surface area contributed by atoms with Gasteiger partial charge in [0, 0.05) is 13.1 Å². The molecule has 1 aliphatic rings. The SMILES string of the molecule is CCC(CC)N(C)S(=O)(=O)C1CCCC1C(=O)O. The van der Waals surface area contributed by atoms with Crippen LogP contribution in [0.1, 0.15) is 46.0 Å². The van der Waals surface area contributed by atoms with Gasteiger partial charge in [-0.3, -0.25) is 4.79 Å². The highest BCUT2D eigenvalue weighted by molar-refractivity contribution is 7.89. The van der Waals surface area contributed by atoms with Gasteiger partial charge in [-0.05, 0) is 25.7 Å². The Labute approximate surface area is 109 Å². The molecule has 1 saturated carbocycles. The Bertz CT molecular complexity index is 389. The van der Waals surface area contributed by atoms with Gasteiger partial charge in [0.1, 0.15) is 0 Å². The third-order valence-corrected chi connectivity index (χ3v) is 6.44.